The molecule has 0 heterocycles. The third kappa shape index (κ3) is 13.5. The second-order valence-electron chi connectivity index (χ2n) is 5.31. The number of hydrogen-bond acceptors (Lipinski definition) is 2. The first-order chi connectivity index (χ1) is 8.66. The predicted molar refractivity (Wildman–Crippen MR) is 76.7 cm³/mol. The molecule has 3 nitrogen and oxygen atoms in total. The average molecular weight is 257 g/mol. The summed E-state index contributed by atoms with van der Waals surface area (Å²) in [5.74, 6) is -0.673. The number of aliphatic carboxylic acids is 1. The van der Waals surface area contributed by atoms with E-state index in [1.165, 1.54) is 51.4 Å². The van der Waals surface area contributed by atoms with Gasteiger partial charge in [0.15, 0.2) is 0 Å². The van der Waals surface area contributed by atoms with Crippen LogP contribution < -0.4 is 5.73 Å². The molecule has 1 unspecified atom stereocenters. The molecule has 0 saturated heterocycles. The van der Waals surface area contributed by atoms with Gasteiger partial charge < -0.3 is 10.8 Å². The van der Waals surface area contributed by atoms with Gasteiger partial charge in [0, 0.05) is 12.5 Å². The van der Waals surface area contributed by atoms with Crippen LogP contribution in [0.5, 0.6) is 0 Å². The summed E-state index contributed by atoms with van der Waals surface area (Å²) in [6.45, 7) is 2.22. The van der Waals surface area contributed by atoms with Gasteiger partial charge in [-0.05, 0) is 19.3 Å². The Labute approximate surface area is 112 Å². The van der Waals surface area contributed by atoms with E-state index >= 15 is 0 Å². The van der Waals surface area contributed by atoms with Gasteiger partial charge in [-0.3, -0.25) is 4.79 Å². The largest absolute Gasteiger partial charge is 0.481 e. The zero-order valence-corrected chi connectivity index (χ0v) is 12.0. The minimum Gasteiger partial charge on any atom is -0.481 e. The minimum atomic E-state index is -0.673. The van der Waals surface area contributed by atoms with Gasteiger partial charge in [0.2, 0.25) is 0 Å². The number of nitrogens with two attached hydrogens (primary N) is 1. The van der Waals surface area contributed by atoms with Crippen molar-refractivity contribution in [2.75, 3.05) is 0 Å². The molecule has 3 N–H and O–H groups in total. The summed E-state index contributed by atoms with van der Waals surface area (Å²) in [4.78, 5) is 10.3. The molecule has 0 spiro atoms. The van der Waals surface area contributed by atoms with Crippen molar-refractivity contribution >= 4 is 5.97 Å². The first kappa shape index (κ1) is 17.4. The summed E-state index contributed by atoms with van der Waals surface area (Å²) >= 11 is 0. The first-order valence-electron chi connectivity index (χ1n) is 7.64. The van der Waals surface area contributed by atoms with Gasteiger partial charge >= 0.3 is 5.97 Å². The van der Waals surface area contributed by atoms with Gasteiger partial charge in [-0.1, -0.05) is 58.3 Å². The third-order valence-electron chi connectivity index (χ3n) is 3.39. The van der Waals surface area contributed by atoms with Gasteiger partial charge in [0.25, 0.3) is 0 Å². The number of unbranched alkanes of at least 4 members (excludes halogenated alkanes) is 7. The fourth-order valence-corrected chi connectivity index (χ4v) is 2.19. The minimum absolute atomic E-state index is 0.322. The molecule has 0 bridgehead atoms. The van der Waals surface area contributed by atoms with Crippen molar-refractivity contribution in [2.45, 2.75) is 90.0 Å². The molecule has 18 heavy (non-hydrogen) atoms. The molecule has 0 aromatic rings. The molecule has 108 valence electrons. The van der Waals surface area contributed by atoms with E-state index < -0.39 is 5.97 Å². The Hall–Kier alpha value is -0.570. The van der Waals surface area contributed by atoms with Gasteiger partial charge in [0.05, 0.1) is 0 Å². The zero-order valence-electron chi connectivity index (χ0n) is 12.0. The summed E-state index contributed by atoms with van der Waals surface area (Å²) in [5.41, 5.74) is 6.04. The molecule has 0 rings (SSSR count). The first-order valence-corrected chi connectivity index (χ1v) is 7.64. The molecule has 0 amide bonds. The summed E-state index contributed by atoms with van der Waals surface area (Å²) in [6.07, 6.45) is 13.2. The number of carboxylic acid groups (broad SMARTS) is 1. The molecule has 0 fully saturated rings. The maximum Gasteiger partial charge on any atom is 0.303 e. The topological polar surface area (TPSA) is 63.3 Å². The lowest BCUT2D eigenvalue weighted by Crippen LogP contribution is -2.19. The maximum absolute atomic E-state index is 10.3. The van der Waals surface area contributed by atoms with E-state index in [1.807, 2.05) is 0 Å². The van der Waals surface area contributed by atoms with Crippen molar-refractivity contribution in [2.24, 2.45) is 5.73 Å². The van der Waals surface area contributed by atoms with Crippen LogP contribution in [-0.2, 0) is 4.79 Å². The van der Waals surface area contributed by atoms with Crippen LogP contribution in [0.4, 0.5) is 0 Å². The van der Waals surface area contributed by atoms with E-state index in [2.05, 4.69) is 6.92 Å². The SMILES string of the molecule is CCCCCC(N)CCCCCCCCC(=O)O. The third-order valence-corrected chi connectivity index (χ3v) is 3.39. The van der Waals surface area contributed by atoms with Crippen LogP contribution >= 0.6 is 0 Å². The van der Waals surface area contributed by atoms with E-state index in [0.717, 1.165) is 19.3 Å². The quantitative estimate of drug-likeness (QED) is 0.488. The average Bonchev–Trinajstić information content (AvgIpc) is 2.32. The standard InChI is InChI=1S/C15H31NO2/c1-2-3-8-11-14(16)12-9-6-4-5-7-10-13-15(17)18/h14H,2-13,16H2,1H3,(H,17,18). The number of rotatable bonds is 13. The molecule has 0 aliphatic carbocycles. The van der Waals surface area contributed by atoms with Gasteiger partial charge in [-0.25, -0.2) is 0 Å². The highest BCUT2D eigenvalue weighted by atomic mass is 16.4. The van der Waals surface area contributed by atoms with E-state index in [1.54, 1.807) is 0 Å². The number of hydrogen-bond donors (Lipinski definition) is 2. The van der Waals surface area contributed by atoms with Crippen molar-refractivity contribution in [3.63, 3.8) is 0 Å². The predicted octanol–water partition coefficient (Wildman–Crippen LogP) is 4.10. The van der Waals surface area contributed by atoms with Gasteiger partial charge in [-0.2, -0.15) is 0 Å². The molecule has 0 aliphatic rings. The van der Waals surface area contributed by atoms with Crippen molar-refractivity contribution in [1.29, 1.82) is 0 Å². The smallest absolute Gasteiger partial charge is 0.303 e. The molecular formula is C15H31NO2. The molecule has 0 radical (unpaired) electrons. The van der Waals surface area contributed by atoms with E-state index in [0.29, 0.717) is 12.5 Å². The summed E-state index contributed by atoms with van der Waals surface area (Å²) in [7, 11) is 0. The Morgan fingerprint density at radius 3 is 2.00 bits per heavy atom. The molecule has 1 atom stereocenters. The highest BCUT2D eigenvalue weighted by molar-refractivity contribution is 5.66. The van der Waals surface area contributed by atoms with Crippen molar-refractivity contribution < 1.29 is 9.90 Å². The van der Waals surface area contributed by atoms with E-state index in [4.69, 9.17) is 10.8 Å². The lowest BCUT2D eigenvalue weighted by Gasteiger charge is -2.10. The summed E-state index contributed by atoms with van der Waals surface area (Å²) < 4.78 is 0. The Morgan fingerprint density at radius 2 is 1.44 bits per heavy atom. The second kappa shape index (κ2) is 12.9. The van der Waals surface area contributed by atoms with E-state index in [-0.39, 0.29) is 0 Å². The highest BCUT2D eigenvalue weighted by Gasteiger charge is 2.02. The number of carbonyl (C=O) groups is 1. The fraction of sp³-hybridized carbons (Fsp3) is 0.933. The summed E-state index contributed by atoms with van der Waals surface area (Å²) in [5, 5.41) is 8.49. The Bertz CT molecular complexity index is 195. The zero-order chi connectivity index (χ0) is 13.6. The lowest BCUT2D eigenvalue weighted by atomic mass is 10.0. The Morgan fingerprint density at radius 1 is 0.944 bits per heavy atom. The van der Waals surface area contributed by atoms with Crippen LogP contribution in [0.25, 0.3) is 0 Å². The Balaban J connectivity index is 3.12. The fourth-order valence-electron chi connectivity index (χ4n) is 2.19. The van der Waals surface area contributed by atoms with Crippen LogP contribution in [0.3, 0.4) is 0 Å². The van der Waals surface area contributed by atoms with Crippen LogP contribution in [0.2, 0.25) is 0 Å². The molecular weight excluding hydrogens is 226 g/mol. The van der Waals surface area contributed by atoms with E-state index in [9.17, 15) is 4.79 Å². The normalized spacial score (nSPS) is 12.6. The molecule has 0 saturated carbocycles. The maximum atomic E-state index is 10.3. The number of carboxylic acids is 1. The molecule has 0 aliphatic heterocycles. The van der Waals surface area contributed by atoms with Crippen molar-refractivity contribution in [3.8, 4) is 0 Å². The lowest BCUT2D eigenvalue weighted by molar-refractivity contribution is -0.137. The summed E-state index contributed by atoms with van der Waals surface area (Å²) in [6, 6.07) is 0.392. The second-order valence-corrected chi connectivity index (χ2v) is 5.31. The van der Waals surface area contributed by atoms with Crippen LogP contribution in [0.15, 0.2) is 0 Å². The molecule has 3 heteroatoms. The van der Waals surface area contributed by atoms with Crippen LogP contribution in [-0.4, -0.2) is 17.1 Å². The van der Waals surface area contributed by atoms with Crippen LogP contribution in [0, 0.1) is 0 Å². The van der Waals surface area contributed by atoms with Crippen molar-refractivity contribution in [3.05, 3.63) is 0 Å². The van der Waals surface area contributed by atoms with Gasteiger partial charge in [0.1, 0.15) is 0 Å². The monoisotopic (exact) mass is 257 g/mol. The van der Waals surface area contributed by atoms with Crippen molar-refractivity contribution in [1.82, 2.24) is 0 Å². The van der Waals surface area contributed by atoms with Crippen LogP contribution in [0.1, 0.15) is 84.0 Å². The molecule has 0 aromatic heterocycles. The highest BCUT2D eigenvalue weighted by Crippen LogP contribution is 2.12. The molecule has 0 aromatic carbocycles. The van der Waals surface area contributed by atoms with Gasteiger partial charge in [-0.15, -0.1) is 0 Å². The Kier molecular flexibility index (Phi) is 12.5.